The Hall–Kier alpha value is -3.35. The average Bonchev–Trinajstić information content (AvgIpc) is 2.99. The molecule has 0 radical (unpaired) electrons. The molecule has 0 saturated heterocycles. The van der Waals surface area contributed by atoms with E-state index in [0.717, 1.165) is 22.3 Å². The number of hydrogen-bond donors (Lipinski definition) is 2. The summed E-state index contributed by atoms with van der Waals surface area (Å²) in [7, 11) is 1.20. The van der Waals surface area contributed by atoms with E-state index in [4.69, 9.17) is 9.84 Å². The smallest absolute Gasteiger partial charge is 0.407 e. The molecule has 2 aromatic carbocycles. The Labute approximate surface area is 162 Å². The molecule has 0 aliphatic heterocycles. The maximum Gasteiger partial charge on any atom is 0.407 e. The zero-order valence-electron chi connectivity index (χ0n) is 15.4. The minimum atomic E-state index is -1.13. The number of fused-ring (bicyclic) bond motifs is 3. The maximum absolute atomic E-state index is 12.2. The first kappa shape index (κ1) is 19.4. The molecule has 0 unspecified atom stereocenters. The van der Waals surface area contributed by atoms with Crippen molar-refractivity contribution in [2.75, 3.05) is 13.7 Å². The topological polar surface area (TPSA) is 102 Å². The SMILES string of the molecule is COC(=O)C[C@@H](CC(=O)O)NC(=O)OCC1c2ccccc2-c2ccccc21. The minimum Gasteiger partial charge on any atom is -0.481 e. The number of rotatable bonds is 7. The normalized spacial score (nSPS) is 13.2. The number of aliphatic carboxylic acids is 1. The van der Waals surface area contributed by atoms with Gasteiger partial charge in [0.05, 0.1) is 26.0 Å². The molecule has 0 fully saturated rings. The van der Waals surface area contributed by atoms with Gasteiger partial charge >= 0.3 is 18.0 Å². The molecule has 1 atom stereocenters. The van der Waals surface area contributed by atoms with Crippen molar-refractivity contribution in [2.45, 2.75) is 24.8 Å². The van der Waals surface area contributed by atoms with E-state index < -0.39 is 30.5 Å². The summed E-state index contributed by atoms with van der Waals surface area (Å²) < 4.78 is 9.91. The Balaban J connectivity index is 1.67. The van der Waals surface area contributed by atoms with Crippen molar-refractivity contribution in [2.24, 2.45) is 0 Å². The Morgan fingerprint density at radius 1 is 1.00 bits per heavy atom. The lowest BCUT2D eigenvalue weighted by molar-refractivity contribution is -0.142. The van der Waals surface area contributed by atoms with Crippen LogP contribution in [0.15, 0.2) is 48.5 Å². The molecule has 0 bridgehead atoms. The number of nitrogens with one attached hydrogen (secondary N) is 1. The summed E-state index contributed by atoms with van der Waals surface area (Å²) in [5.74, 6) is -1.84. The predicted molar refractivity (Wildman–Crippen MR) is 101 cm³/mol. The third-order valence-electron chi connectivity index (χ3n) is 4.73. The summed E-state index contributed by atoms with van der Waals surface area (Å²) in [6.07, 6.45) is -1.41. The van der Waals surface area contributed by atoms with Crippen molar-refractivity contribution < 1.29 is 29.0 Å². The highest BCUT2D eigenvalue weighted by Crippen LogP contribution is 2.44. The molecule has 3 rings (SSSR count). The standard InChI is InChI=1S/C21H21NO6/c1-27-20(25)11-13(10-19(23)24)22-21(26)28-12-18-16-8-4-2-6-14(16)15-7-3-5-9-17(15)18/h2-9,13,18H,10-12H2,1H3,(H,22,26)(H,23,24)/t13-/m1/s1. The number of benzene rings is 2. The number of ether oxygens (including phenoxy) is 2. The van der Waals surface area contributed by atoms with E-state index in [1.807, 2.05) is 48.5 Å². The monoisotopic (exact) mass is 383 g/mol. The number of carboxylic acids is 1. The molecule has 2 aromatic rings. The molecular formula is C21H21NO6. The van der Waals surface area contributed by atoms with Gasteiger partial charge in [-0.3, -0.25) is 9.59 Å². The van der Waals surface area contributed by atoms with Crippen LogP contribution >= 0.6 is 0 Å². The summed E-state index contributed by atoms with van der Waals surface area (Å²) in [6, 6.07) is 15.0. The molecule has 7 nitrogen and oxygen atoms in total. The first-order valence-corrected chi connectivity index (χ1v) is 8.89. The molecule has 0 aromatic heterocycles. The fourth-order valence-electron chi connectivity index (χ4n) is 3.48. The van der Waals surface area contributed by atoms with Crippen LogP contribution in [0, 0.1) is 0 Å². The highest BCUT2D eigenvalue weighted by atomic mass is 16.5. The molecule has 2 N–H and O–H groups in total. The van der Waals surface area contributed by atoms with Crippen molar-refractivity contribution >= 4 is 18.0 Å². The largest absolute Gasteiger partial charge is 0.481 e. The number of methoxy groups -OCH3 is 1. The number of amides is 1. The van der Waals surface area contributed by atoms with Crippen LogP contribution in [0.1, 0.15) is 29.9 Å². The first-order valence-electron chi connectivity index (χ1n) is 8.89. The molecule has 1 aliphatic rings. The molecule has 146 valence electrons. The van der Waals surface area contributed by atoms with Gasteiger partial charge in [-0.15, -0.1) is 0 Å². The Morgan fingerprint density at radius 2 is 1.57 bits per heavy atom. The lowest BCUT2D eigenvalue weighted by Crippen LogP contribution is -2.39. The van der Waals surface area contributed by atoms with Crippen molar-refractivity contribution in [3.63, 3.8) is 0 Å². The van der Waals surface area contributed by atoms with Gasteiger partial charge in [0.15, 0.2) is 0 Å². The molecule has 1 aliphatic carbocycles. The van der Waals surface area contributed by atoms with E-state index in [-0.39, 0.29) is 18.9 Å². The molecule has 0 heterocycles. The van der Waals surface area contributed by atoms with Gasteiger partial charge in [0, 0.05) is 5.92 Å². The zero-order chi connectivity index (χ0) is 20.1. The summed E-state index contributed by atoms with van der Waals surface area (Å²) in [5, 5.41) is 11.4. The molecule has 28 heavy (non-hydrogen) atoms. The van der Waals surface area contributed by atoms with Crippen LogP contribution in [-0.4, -0.2) is 42.9 Å². The number of carbonyl (C=O) groups excluding carboxylic acids is 2. The molecule has 0 spiro atoms. The van der Waals surface area contributed by atoms with Gasteiger partial charge < -0.3 is 19.9 Å². The number of carboxylic acid groups (broad SMARTS) is 1. The molecule has 7 heteroatoms. The quantitative estimate of drug-likeness (QED) is 0.713. The number of carbonyl (C=O) groups is 3. The maximum atomic E-state index is 12.2. The van der Waals surface area contributed by atoms with Crippen LogP contribution in [0.2, 0.25) is 0 Å². The van der Waals surface area contributed by atoms with Gasteiger partial charge in [-0.1, -0.05) is 48.5 Å². The zero-order valence-corrected chi connectivity index (χ0v) is 15.4. The van der Waals surface area contributed by atoms with Crippen molar-refractivity contribution in [1.29, 1.82) is 0 Å². The Bertz CT molecular complexity index is 848. The Morgan fingerprint density at radius 3 is 2.11 bits per heavy atom. The molecule has 1 amide bonds. The third-order valence-corrected chi connectivity index (χ3v) is 4.73. The van der Waals surface area contributed by atoms with Crippen LogP contribution in [0.5, 0.6) is 0 Å². The second-order valence-electron chi connectivity index (χ2n) is 6.54. The van der Waals surface area contributed by atoms with E-state index in [2.05, 4.69) is 10.1 Å². The van der Waals surface area contributed by atoms with E-state index in [0.29, 0.717) is 0 Å². The summed E-state index contributed by atoms with van der Waals surface area (Å²) in [6.45, 7) is 0.109. The summed E-state index contributed by atoms with van der Waals surface area (Å²) in [4.78, 5) is 34.6. The summed E-state index contributed by atoms with van der Waals surface area (Å²) >= 11 is 0. The second kappa shape index (κ2) is 8.56. The minimum absolute atomic E-state index is 0.100. The van der Waals surface area contributed by atoms with Crippen LogP contribution in [0.4, 0.5) is 4.79 Å². The Kier molecular flexibility index (Phi) is 5.93. The van der Waals surface area contributed by atoms with E-state index >= 15 is 0 Å². The summed E-state index contributed by atoms with van der Waals surface area (Å²) in [5.41, 5.74) is 4.38. The number of esters is 1. The molecular weight excluding hydrogens is 362 g/mol. The third kappa shape index (κ3) is 4.31. The lowest BCUT2D eigenvalue weighted by Gasteiger charge is -2.18. The molecule has 0 saturated carbocycles. The second-order valence-corrected chi connectivity index (χ2v) is 6.54. The number of hydrogen-bond acceptors (Lipinski definition) is 5. The van der Waals surface area contributed by atoms with Crippen molar-refractivity contribution in [3.05, 3.63) is 59.7 Å². The van der Waals surface area contributed by atoms with Crippen LogP contribution in [0.3, 0.4) is 0 Å². The number of alkyl carbamates (subject to hydrolysis) is 1. The van der Waals surface area contributed by atoms with Gasteiger partial charge in [-0.2, -0.15) is 0 Å². The average molecular weight is 383 g/mol. The van der Waals surface area contributed by atoms with Crippen LogP contribution in [0.25, 0.3) is 11.1 Å². The fourth-order valence-corrected chi connectivity index (χ4v) is 3.48. The van der Waals surface area contributed by atoms with Crippen LogP contribution in [-0.2, 0) is 19.1 Å². The predicted octanol–water partition coefficient (Wildman–Crippen LogP) is 2.93. The lowest BCUT2D eigenvalue weighted by atomic mass is 9.98. The van der Waals surface area contributed by atoms with Crippen LogP contribution < -0.4 is 5.32 Å². The van der Waals surface area contributed by atoms with E-state index in [9.17, 15) is 14.4 Å². The first-order chi connectivity index (χ1) is 13.5. The fraction of sp³-hybridized carbons (Fsp3) is 0.286. The highest BCUT2D eigenvalue weighted by molar-refractivity contribution is 5.79. The van der Waals surface area contributed by atoms with E-state index in [1.54, 1.807) is 0 Å². The highest BCUT2D eigenvalue weighted by Gasteiger charge is 2.29. The van der Waals surface area contributed by atoms with Gasteiger partial charge in [0.2, 0.25) is 0 Å². The van der Waals surface area contributed by atoms with Crippen molar-refractivity contribution in [3.8, 4) is 11.1 Å². The van der Waals surface area contributed by atoms with Crippen molar-refractivity contribution in [1.82, 2.24) is 5.32 Å². The van der Waals surface area contributed by atoms with E-state index in [1.165, 1.54) is 7.11 Å². The van der Waals surface area contributed by atoms with Gasteiger partial charge in [-0.25, -0.2) is 4.79 Å². The van der Waals surface area contributed by atoms with Gasteiger partial charge in [0.1, 0.15) is 6.61 Å². The van der Waals surface area contributed by atoms with Gasteiger partial charge in [-0.05, 0) is 22.3 Å². The van der Waals surface area contributed by atoms with Gasteiger partial charge in [0.25, 0.3) is 0 Å².